The lowest BCUT2D eigenvalue weighted by molar-refractivity contribution is -0.240. The molecule has 1 aromatic rings. The first-order chi connectivity index (χ1) is 10.7. The van der Waals surface area contributed by atoms with Crippen LogP contribution in [0.2, 0.25) is 0 Å². The zero-order valence-corrected chi connectivity index (χ0v) is 15.0. The molecule has 0 spiro atoms. The number of unbranched alkanes of at least 4 members (excludes halogenated alkanes) is 3. The Morgan fingerprint density at radius 3 is 2.55 bits per heavy atom. The zero-order chi connectivity index (χ0) is 15.8. The van der Waals surface area contributed by atoms with Crippen LogP contribution in [0.15, 0.2) is 35.2 Å². The predicted octanol–water partition coefficient (Wildman–Crippen LogP) is 5.86. The van der Waals surface area contributed by atoms with Gasteiger partial charge in [0.15, 0.2) is 6.29 Å². The summed E-state index contributed by atoms with van der Waals surface area (Å²) in [6.45, 7) is 6.61. The van der Waals surface area contributed by atoms with Crippen LogP contribution in [-0.2, 0) is 9.47 Å². The Labute approximate surface area is 140 Å². The third kappa shape index (κ3) is 5.94. The van der Waals surface area contributed by atoms with Gasteiger partial charge in [-0.3, -0.25) is 0 Å². The number of thioether (sulfide) groups is 1. The minimum Gasteiger partial charge on any atom is -0.349 e. The predicted molar refractivity (Wildman–Crippen MR) is 94.0 cm³/mol. The highest BCUT2D eigenvalue weighted by Crippen LogP contribution is 2.35. The van der Waals surface area contributed by atoms with Crippen LogP contribution in [0.25, 0.3) is 0 Å². The average Bonchev–Trinajstić information content (AvgIpc) is 2.52. The first kappa shape index (κ1) is 17.8. The Bertz CT molecular complexity index is 407. The standard InChI is InChI=1S/C19H30O2S/c1-4-5-6-8-11-16-14-18(21-19(20-16)15(2)3)22-17-12-9-7-10-13-17/h7,9-10,12-13,15-16,18-19H,4-6,8,11,14H2,1-3H3/t16-,18-,19-/m0/s1. The summed E-state index contributed by atoms with van der Waals surface area (Å²) >= 11 is 1.83. The average molecular weight is 323 g/mol. The molecule has 1 heterocycles. The second-order valence-corrected chi connectivity index (χ2v) is 7.68. The van der Waals surface area contributed by atoms with E-state index in [0.717, 1.165) is 6.42 Å². The van der Waals surface area contributed by atoms with Crippen molar-refractivity contribution < 1.29 is 9.47 Å². The van der Waals surface area contributed by atoms with Gasteiger partial charge in [0.05, 0.1) is 6.10 Å². The van der Waals surface area contributed by atoms with Crippen LogP contribution in [0.1, 0.15) is 59.3 Å². The summed E-state index contributed by atoms with van der Waals surface area (Å²) in [5.41, 5.74) is 0.208. The van der Waals surface area contributed by atoms with Crippen molar-refractivity contribution in [2.75, 3.05) is 0 Å². The molecule has 0 radical (unpaired) electrons. The van der Waals surface area contributed by atoms with E-state index in [-0.39, 0.29) is 11.7 Å². The maximum Gasteiger partial charge on any atom is 0.161 e. The number of hydrogen-bond donors (Lipinski definition) is 0. The van der Waals surface area contributed by atoms with Crippen LogP contribution in [0.3, 0.4) is 0 Å². The molecule has 1 aliphatic heterocycles. The fourth-order valence-corrected chi connectivity index (χ4v) is 3.82. The Balaban J connectivity index is 1.88. The second kappa shape index (κ2) is 9.59. The van der Waals surface area contributed by atoms with E-state index in [9.17, 15) is 0 Å². The molecule has 0 bridgehead atoms. The summed E-state index contributed by atoms with van der Waals surface area (Å²) in [5.74, 6) is 0.400. The number of benzene rings is 1. The Morgan fingerprint density at radius 1 is 1.09 bits per heavy atom. The summed E-state index contributed by atoms with van der Waals surface area (Å²) < 4.78 is 12.3. The first-order valence-electron chi connectivity index (χ1n) is 8.71. The third-order valence-corrected chi connectivity index (χ3v) is 5.11. The molecule has 0 amide bonds. The van der Waals surface area contributed by atoms with Gasteiger partial charge in [-0.05, 0) is 18.6 Å². The van der Waals surface area contributed by atoms with Crippen molar-refractivity contribution in [3.05, 3.63) is 30.3 Å². The molecule has 1 saturated heterocycles. The van der Waals surface area contributed by atoms with Crippen molar-refractivity contribution in [3.63, 3.8) is 0 Å². The highest BCUT2D eigenvalue weighted by atomic mass is 32.2. The van der Waals surface area contributed by atoms with E-state index < -0.39 is 0 Å². The zero-order valence-electron chi connectivity index (χ0n) is 14.2. The number of rotatable bonds is 8. The van der Waals surface area contributed by atoms with Gasteiger partial charge in [0.25, 0.3) is 0 Å². The maximum absolute atomic E-state index is 6.16. The molecule has 0 aliphatic carbocycles. The lowest BCUT2D eigenvalue weighted by Crippen LogP contribution is -2.39. The van der Waals surface area contributed by atoms with Crippen molar-refractivity contribution in [3.8, 4) is 0 Å². The Kier molecular flexibility index (Phi) is 7.77. The minimum atomic E-state index is -0.0638. The molecule has 3 heteroatoms. The van der Waals surface area contributed by atoms with E-state index in [1.165, 1.54) is 37.0 Å². The SMILES string of the molecule is CCCCCC[C@H]1C[C@H](Sc2ccccc2)O[C@@H](C(C)C)O1. The lowest BCUT2D eigenvalue weighted by atomic mass is 10.1. The summed E-state index contributed by atoms with van der Waals surface area (Å²) in [7, 11) is 0. The van der Waals surface area contributed by atoms with Crippen molar-refractivity contribution in [1.82, 2.24) is 0 Å². The normalized spacial score (nSPS) is 25.5. The lowest BCUT2D eigenvalue weighted by Gasteiger charge is -2.37. The van der Waals surface area contributed by atoms with Gasteiger partial charge in [-0.25, -0.2) is 0 Å². The van der Waals surface area contributed by atoms with E-state index in [4.69, 9.17) is 9.47 Å². The van der Waals surface area contributed by atoms with Gasteiger partial charge in [0.2, 0.25) is 0 Å². The molecule has 1 aromatic carbocycles. The Hall–Kier alpha value is -0.510. The van der Waals surface area contributed by atoms with E-state index >= 15 is 0 Å². The number of hydrogen-bond acceptors (Lipinski definition) is 3. The smallest absolute Gasteiger partial charge is 0.161 e. The summed E-state index contributed by atoms with van der Waals surface area (Å²) in [6, 6.07) is 10.5. The van der Waals surface area contributed by atoms with Gasteiger partial charge in [-0.15, -0.1) is 0 Å². The van der Waals surface area contributed by atoms with Crippen molar-refractivity contribution in [1.29, 1.82) is 0 Å². The first-order valence-corrected chi connectivity index (χ1v) is 9.59. The molecule has 3 atom stereocenters. The van der Waals surface area contributed by atoms with Crippen molar-refractivity contribution in [2.45, 2.75) is 82.0 Å². The Morgan fingerprint density at radius 2 is 1.86 bits per heavy atom. The highest BCUT2D eigenvalue weighted by molar-refractivity contribution is 7.99. The fraction of sp³-hybridized carbons (Fsp3) is 0.684. The molecule has 2 rings (SSSR count). The van der Waals surface area contributed by atoms with Crippen LogP contribution in [0, 0.1) is 5.92 Å². The van der Waals surface area contributed by atoms with E-state index in [2.05, 4.69) is 51.1 Å². The summed E-state index contributed by atoms with van der Waals surface area (Å²) in [6.07, 6.45) is 7.65. The van der Waals surface area contributed by atoms with E-state index in [1.807, 2.05) is 11.8 Å². The van der Waals surface area contributed by atoms with Gasteiger partial charge in [0.1, 0.15) is 5.44 Å². The molecular weight excluding hydrogens is 292 g/mol. The minimum absolute atomic E-state index is 0.0638. The van der Waals surface area contributed by atoms with Crippen LogP contribution < -0.4 is 0 Å². The van der Waals surface area contributed by atoms with Crippen LogP contribution in [0.4, 0.5) is 0 Å². The molecule has 2 nitrogen and oxygen atoms in total. The molecule has 0 saturated carbocycles. The van der Waals surface area contributed by atoms with Gasteiger partial charge in [-0.1, -0.05) is 76.4 Å². The van der Waals surface area contributed by atoms with Gasteiger partial charge in [0, 0.05) is 17.2 Å². The summed E-state index contributed by atoms with van der Waals surface area (Å²) in [5, 5.41) is 0. The molecule has 1 fully saturated rings. The molecule has 0 aromatic heterocycles. The van der Waals surface area contributed by atoms with Gasteiger partial charge < -0.3 is 9.47 Å². The van der Waals surface area contributed by atoms with Crippen LogP contribution >= 0.6 is 11.8 Å². The van der Waals surface area contributed by atoms with Crippen LogP contribution in [0.5, 0.6) is 0 Å². The fourth-order valence-electron chi connectivity index (χ4n) is 2.72. The monoisotopic (exact) mass is 322 g/mol. The highest BCUT2D eigenvalue weighted by Gasteiger charge is 2.32. The molecule has 22 heavy (non-hydrogen) atoms. The van der Waals surface area contributed by atoms with E-state index in [1.54, 1.807) is 0 Å². The largest absolute Gasteiger partial charge is 0.349 e. The molecule has 124 valence electrons. The summed E-state index contributed by atoms with van der Waals surface area (Å²) in [4.78, 5) is 1.28. The topological polar surface area (TPSA) is 18.5 Å². The van der Waals surface area contributed by atoms with Gasteiger partial charge >= 0.3 is 0 Å². The maximum atomic E-state index is 6.16. The van der Waals surface area contributed by atoms with Crippen molar-refractivity contribution in [2.24, 2.45) is 5.92 Å². The quantitative estimate of drug-likeness (QED) is 0.558. The second-order valence-electron chi connectivity index (χ2n) is 6.45. The third-order valence-electron chi connectivity index (χ3n) is 4.00. The van der Waals surface area contributed by atoms with Crippen molar-refractivity contribution >= 4 is 11.8 Å². The molecule has 0 unspecified atom stereocenters. The van der Waals surface area contributed by atoms with E-state index in [0.29, 0.717) is 12.0 Å². The molecule has 1 aliphatic rings. The number of ether oxygens (including phenoxy) is 2. The molecule has 0 N–H and O–H groups in total. The van der Waals surface area contributed by atoms with Gasteiger partial charge in [-0.2, -0.15) is 0 Å². The molecular formula is C19H30O2S. The van der Waals surface area contributed by atoms with Crippen LogP contribution in [-0.4, -0.2) is 17.8 Å².